The van der Waals surface area contributed by atoms with Gasteiger partial charge in [0, 0.05) is 15.5 Å². The van der Waals surface area contributed by atoms with Gasteiger partial charge in [-0.05, 0) is 31.5 Å². The second kappa shape index (κ2) is 8.25. The number of hydrogen-bond acceptors (Lipinski definition) is 5. The molecule has 2 rings (SSSR count). The molecule has 1 aromatic carbocycles. The van der Waals surface area contributed by atoms with Crippen LogP contribution in [0.4, 0.5) is 0 Å². The number of carbonyl (C=O) groups is 2. The summed E-state index contributed by atoms with van der Waals surface area (Å²) in [6, 6.07) is 7.36. The van der Waals surface area contributed by atoms with Crippen molar-refractivity contribution in [1.29, 1.82) is 0 Å². The molecule has 0 aliphatic carbocycles. The van der Waals surface area contributed by atoms with E-state index in [-0.39, 0.29) is 24.1 Å². The highest BCUT2D eigenvalue weighted by molar-refractivity contribution is 9.10. The Labute approximate surface area is 151 Å². The number of rotatable bonds is 6. The number of esters is 1. The van der Waals surface area contributed by atoms with E-state index in [0.29, 0.717) is 5.69 Å². The second-order valence-electron chi connectivity index (χ2n) is 5.23. The van der Waals surface area contributed by atoms with Crippen molar-refractivity contribution in [2.75, 3.05) is 6.61 Å². The Bertz CT molecular complexity index is 782. The molecular formula is C16H17BrN2O4S. The first kappa shape index (κ1) is 18.4. The van der Waals surface area contributed by atoms with Crippen LogP contribution in [0.25, 0.3) is 0 Å². The van der Waals surface area contributed by atoms with E-state index in [9.17, 15) is 14.4 Å². The molecule has 128 valence electrons. The smallest absolute Gasteiger partial charge is 0.326 e. The van der Waals surface area contributed by atoms with Gasteiger partial charge in [0.05, 0.1) is 6.04 Å². The minimum Gasteiger partial charge on any atom is -0.454 e. The molecular weight excluding hydrogens is 396 g/mol. The van der Waals surface area contributed by atoms with Gasteiger partial charge >= 0.3 is 10.8 Å². The molecule has 0 aliphatic rings. The number of nitrogens with one attached hydrogen (secondary N) is 1. The van der Waals surface area contributed by atoms with Crippen LogP contribution in [-0.4, -0.2) is 23.1 Å². The minimum atomic E-state index is -0.620. The van der Waals surface area contributed by atoms with Gasteiger partial charge in [-0.25, -0.2) is 0 Å². The number of halogens is 1. The molecule has 1 atom stereocenters. The first-order valence-electron chi connectivity index (χ1n) is 7.22. The molecule has 0 saturated carbocycles. The molecule has 0 bridgehead atoms. The highest BCUT2D eigenvalue weighted by Gasteiger charge is 2.13. The van der Waals surface area contributed by atoms with Crippen molar-refractivity contribution >= 4 is 39.1 Å². The first-order chi connectivity index (χ1) is 11.4. The second-order valence-corrected chi connectivity index (χ2v) is 6.97. The molecule has 0 fully saturated rings. The van der Waals surface area contributed by atoms with Crippen LogP contribution < -0.4 is 10.2 Å². The Hall–Kier alpha value is -1.93. The van der Waals surface area contributed by atoms with Crippen molar-refractivity contribution in [3.63, 3.8) is 0 Å². The van der Waals surface area contributed by atoms with Gasteiger partial charge in [-0.1, -0.05) is 39.4 Å². The zero-order chi connectivity index (χ0) is 17.7. The first-order valence-corrected chi connectivity index (χ1v) is 8.89. The van der Waals surface area contributed by atoms with Gasteiger partial charge < -0.3 is 10.1 Å². The third kappa shape index (κ3) is 5.04. The normalized spacial score (nSPS) is 11.8. The summed E-state index contributed by atoms with van der Waals surface area (Å²) in [5, 5.41) is 4.42. The fourth-order valence-electron chi connectivity index (χ4n) is 2.03. The molecule has 0 aliphatic heterocycles. The molecule has 0 unspecified atom stereocenters. The van der Waals surface area contributed by atoms with Crippen molar-refractivity contribution in [1.82, 2.24) is 9.88 Å². The average Bonchev–Trinajstić information content (AvgIpc) is 2.85. The van der Waals surface area contributed by atoms with Crippen LogP contribution in [0, 0.1) is 6.92 Å². The highest BCUT2D eigenvalue weighted by Crippen LogP contribution is 2.16. The Kier molecular flexibility index (Phi) is 6.33. The maximum atomic E-state index is 11.9. The van der Waals surface area contributed by atoms with Crippen LogP contribution in [-0.2, 0) is 20.9 Å². The van der Waals surface area contributed by atoms with E-state index >= 15 is 0 Å². The van der Waals surface area contributed by atoms with E-state index in [0.717, 1.165) is 21.4 Å². The maximum absolute atomic E-state index is 11.9. The average molecular weight is 413 g/mol. The standard InChI is InChI=1S/C16H17BrN2O4S/c1-10-9-24-16(22)19(10)7-15(21)23-8-14(20)18-11(2)12-3-5-13(17)6-4-12/h3-6,9,11H,7-8H2,1-2H3,(H,18,20)/t11-/m0/s1. The lowest BCUT2D eigenvalue weighted by molar-refractivity contribution is -0.149. The topological polar surface area (TPSA) is 77.4 Å². The summed E-state index contributed by atoms with van der Waals surface area (Å²) in [5.41, 5.74) is 1.63. The van der Waals surface area contributed by atoms with Crippen molar-refractivity contribution in [3.8, 4) is 0 Å². The number of ether oxygens (including phenoxy) is 1. The maximum Gasteiger partial charge on any atom is 0.326 e. The summed E-state index contributed by atoms with van der Waals surface area (Å²) in [6.07, 6.45) is 0. The number of carbonyl (C=O) groups excluding carboxylic acids is 2. The Balaban J connectivity index is 1.81. The lowest BCUT2D eigenvalue weighted by Gasteiger charge is -2.14. The number of aromatic nitrogens is 1. The predicted molar refractivity (Wildman–Crippen MR) is 95.0 cm³/mol. The zero-order valence-electron chi connectivity index (χ0n) is 13.2. The third-order valence-electron chi connectivity index (χ3n) is 3.38. The van der Waals surface area contributed by atoms with Crippen molar-refractivity contribution < 1.29 is 14.3 Å². The summed E-state index contributed by atoms with van der Waals surface area (Å²) in [6.45, 7) is 3.01. The lowest BCUT2D eigenvalue weighted by Crippen LogP contribution is -2.32. The summed E-state index contributed by atoms with van der Waals surface area (Å²) in [7, 11) is 0. The molecule has 24 heavy (non-hydrogen) atoms. The molecule has 6 nitrogen and oxygen atoms in total. The number of amides is 1. The van der Waals surface area contributed by atoms with E-state index in [1.165, 1.54) is 4.57 Å². The number of nitrogens with zero attached hydrogens (tertiary/aromatic N) is 1. The van der Waals surface area contributed by atoms with Crippen LogP contribution in [0.3, 0.4) is 0 Å². The van der Waals surface area contributed by atoms with Crippen LogP contribution in [0.2, 0.25) is 0 Å². The fourth-order valence-corrected chi connectivity index (χ4v) is 3.03. The highest BCUT2D eigenvalue weighted by atomic mass is 79.9. The quantitative estimate of drug-likeness (QED) is 0.738. The van der Waals surface area contributed by atoms with Gasteiger partial charge in [-0.2, -0.15) is 0 Å². The minimum absolute atomic E-state index is 0.191. The van der Waals surface area contributed by atoms with E-state index in [1.54, 1.807) is 12.3 Å². The van der Waals surface area contributed by atoms with Gasteiger partial charge in [0.1, 0.15) is 6.54 Å². The Morgan fingerprint density at radius 3 is 2.58 bits per heavy atom. The fraction of sp³-hybridized carbons (Fsp3) is 0.312. The summed E-state index contributed by atoms with van der Waals surface area (Å²) >= 11 is 4.37. The molecule has 0 radical (unpaired) electrons. The lowest BCUT2D eigenvalue weighted by atomic mass is 10.1. The van der Waals surface area contributed by atoms with Gasteiger partial charge in [0.15, 0.2) is 6.61 Å². The van der Waals surface area contributed by atoms with Crippen LogP contribution in [0.1, 0.15) is 24.2 Å². The van der Waals surface area contributed by atoms with E-state index in [1.807, 2.05) is 31.2 Å². The number of aryl methyl sites for hydroxylation is 1. The monoisotopic (exact) mass is 412 g/mol. The van der Waals surface area contributed by atoms with Gasteiger partial charge in [0.2, 0.25) is 0 Å². The number of benzene rings is 1. The summed E-state index contributed by atoms with van der Waals surface area (Å²) in [5.74, 6) is -1.02. The van der Waals surface area contributed by atoms with Crippen LogP contribution in [0.5, 0.6) is 0 Å². The largest absolute Gasteiger partial charge is 0.454 e. The van der Waals surface area contributed by atoms with Crippen molar-refractivity contribution in [2.24, 2.45) is 0 Å². The van der Waals surface area contributed by atoms with Gasteiger partial charge in [0.25, 0.3) is 5.91 Å². The van der Waals surface area contributed by atoms with E-state index < -0.39 is 11.9 Å². The number of hydrogen-bond donors (Lipinski definition) is 1. The van der Waals surface area contributed by atoms with Crippen LogP contribution in [0.15, 0.2) is 38.9 Å². The van der Waals surface area contributed by atoms with Gasteiger partial charge in [-0.3, -0.25) is 19.0 Å². The van der Waals surface area contributed by atoms with Crippen LogP contribution >= 0.6 is 27.3 Å². The Morgan fingerprint density at radius 1 is 1.33 bits per heavy atom. The third-order valence-corrected chi connectivity index (χ3v) is 4.79. The zero-order valence-corrected chi connectivity index (χ0v) is 15.6. The Morgan fingerprint density at radius 2 is 2.00 bits per heavy atom. The van der Waals surface area contributed by atoms with E-state index in [2.05, 4.69) is 21.2 Å². The van der Waals surface area contributed by atoms with E-state index in [4.69, 9.17) is 4.74 Å². The molecule has 1 N–H and O–H groups in total. The summed E-state index contributed by atoms with van der Waals surface area (Å²) in [4.78, 5) is 34.9. The van der Waals surface area contributed by atoms with Gasteiger partial charge in [-0.15, -0.1) is 0 Å². The summed E-state index contributed by atoms with van der Waals surface area (Å²) < 4.78 is 7.20. The molecule has 0 spiro atoms. The molecule has 8 heteroatoms. The molecule has 1 aromatic heterocycles. The predicted octanol–water partition coefficient (Wildman–Crippen LogP) is 2.40. The molecule has 2 aromatic rings. The number of thiazole rings is 1. The molecule has 0 saturated heterocycles. The molecule has 1 amide bonds. The SMILES string of the molecule is Cc1csc(=O)n1CC(=O)OCC(=O)N[C@@H](C)c1ccc(Br)cc1. The van der Waals surface area contributed by atoms with Crippen molar-refractivity contribution in [2.45, 2.75) is 26.4 Å². The van der Waals surface area contributed by atoms with Crippen molar-refractivity contribution in [3.05, 3.63) is 55.0 Å². The molecule has 1 heterocycles.